The van der Waals surface area contributed by atoms with Gasteiger partial charge in [0.05, 0.1) is 12.2 Å². The van der Waals surface area contributed by atoms with E-state index >= 15 is 0 Å². The third-order valence-corrected chi connectivity index (χ3v) is 2.66. The number of carbonyl (C=O) groups is 1. The van der Waals surface area contributed by atoms with Gasteiger partial charge in [-0.25, -0.2) is 0 Å². The maximum absolute atomic E-state index is 12.1. The van der Waals surface area contributed by atoms with Gasteiger partial charge in [-0.05, 0) is 12.1 Å². The molecule has 0 saturated carbocycles. The van der Waals surface area contributed by atoms with Crippen molar-refractivity contribution in [1.29, 1.82) is 0 Å². The van der Waals surface area contributed by atoms with Crippen molar-refractivity contribution in [1.82, 2.24) is 4.98 Å². The Bertz CT molecular complexity index is 584. The molecule has 0 aliphatic heterocycles. The highest BCUT2D eigenvalue weighted by Crippen LogP contribution is 2.18. The predicted molar refractivity (Wildman–Crippen MR) is 73.8 cm³/mol. The number of aromatic nitrogens is 1. The molecule has 0 aliphatic rings. The van der Waals surface area contributed by atoms with Gasteiger partial charge in [0, 0.05) is 36.4 Å². The second kappa shape index (κ2) is 5.97. The van der Waals surface area contributed by atoms with Gasteiger partial charge in [-0.1, -0.05) is 18.2 Å². The lowest BCUT2D eigenvalue weighted by Gasteiger charge is -2.11. The van der Waals surface area contributed by atoms with Crippen LogP contribution in [-0.4, -0.2) is 18.0 Å². The monoisotopic (exact) mass is 257 g/mol. The second-order valence-corrected chi connectivity index (χ2v) is 4.01. The summed E-state index contributed by atoms with van der Waals surface area (Å²) in [6.07, 6.45) is 2.99. The van der Waals surface area contributed by atoms with E-state index in [-0.39, 0.29) is 5.91 Å². The van der Waals surface area contributed by atoms with Gasteiger partial charge in [0.2, 0.25) is 0 Å². The molecule has 19 heavy (non-hydrogen) atoms. The zero-order valence-corrected chi connectivity index (χ0v) is 10.6. The summed E-state index contributed by atoms with van der Waals surface area (Å²) in [5.41, 5.74) is 8.11. The van der Waals surface area contributed by atoms with Gasteiger partial charge in [-0.3, -0.25) is 9.78 Å². The normalized spacial score (nSPS) is 10.2. The number of nitrogen functional groups attached to an aromatic ring is 1. The molecule has 98 valence electrons. The summed E-state index contributed by atoms with van der Waals surface area (Å²) < 4.78 is 5.09. The lowest BCUT2D eigenvalue weighted by atomic mass is 10.1. The number of nitrogens with one attached hydrogen (secondary N) is 1. The molecule has 0 unspecified atom stereocenters. The summed E-state index contributed by atoms with van der Waals surface area (Å²) in [5.74, 6) is -0.283. The number of hydrogen-bond donors (Lipinski definition) is 2. The number of nitrogens with two attached hydrogens (primary N) is 1. The third-order valence-electron chi connectivity index (χ3n) is 2.66. The van der Waals surface area contributed by atoms with E-state index in [1.54, 1.807) is 19.4 Å². The van der Waals surface area contributed by atoms with Gasteiger partial charge in [0.15, 0.2) is 0 Å². The van der Waals surface area contributed by atoms with Crippen LogP contribution >= 0.6 is 0 Å². The minimum absolute atomic E-state index is 0.283. The Morgan fingerprint density at radius 3 is 2.89 bits per heavy atom. The van der Waals surface area contributed by atoms with Crippen LogP contribution in [0.2, 0.25) is 0 Å². The zero-order chi connectivity index (χ0) is 13.7. The molecule has 5 nitrogen and oxygen atoms in total. The Kier molecular flexibility index (Phi) is 4.10. The van der Waals surface area contributed by atoms with Crippen LogP contribution in [0.3, 0.4) is 0 Å². The molecule has 1 aromatic heterocycles. The molecule has 2 aromatic rings. The van der Waals surface area contributed by atoms with Gasteiger partial charge >= 0.3 is 0 Å². The van der Waals surface area contributed by atoms with E-state index in [9.17, 15) is 4.79 Å². The summed E-state index contributed by atoms with van der Waals surface area (Å²) >= 11 is 0. The first-order valence-corrected chi connectivity index (χ1v) is 5.80. The summed E-state index contributed by atoms with van der Waals surface area (Å²) in [5, 5.41) is 2.81. The number of pyridine rings is 1. The molecule has 5 heteroatoms. The molecule has 0 bridgehead atoms. The first-order valence-electron chi connectivity index (χ1n) is 5.80. The maximum Gasteiger partial charge on any atom is 0.259 e. The van der Waals surface area contributed by atoms with E-state index in [1.807, 2.05) is 24.3 Å². The van der Waals surface area contributed by atoms with Crippen molar-refractivity contribution >= 4 is 17.3 Å². The van der Waals surface area contributed by atoms with E-state index in [1.165, 1.54) is 6.20 Å². The van der Waals surface area contributed by atoms with Crippen LogP contribution in [0.15, 0.2) is 42.7 Å². The Morgan fingerprint density at radius 1 is 1.37 bits per heavy atom. The van der Waals surface area contributed by atoms with E-state index < -0.39 is 0 Å². The molecule has 1 heterocycles. The number of amides is 1. The number of para-hydroxylation sites is 1. The molecule has 0 atom stereocenters. The predicted octanol–water partition coefficient (Wildman–Crippen LogP) is 2.06. The Hall–Kier alpha value is -2.40. The average molecular weight is 257 g/mol. The van der Waals surface area contributed by atoms with Crippen LogP contribution in [0.4, 0.5) is 11.4 Å². The number of nitrogens with zero attached hydrogens (tertiary/aromatic N) is 1. The summed E-state index contributed by atoms with van der Waals surface area (Å²) in [6.45, 7) is 0.430. The Balaban J connectivity index is 2.22. The second-order valence-electron chi connectivity index (χ2n) is 4.01. The van der Waals surface area contributed by atoms with Gasteiger partial charge in [-0.15, -0.1) is 0 Å². The molecular weight excluding hydrogens is 242 g/mol. The van der Waals surface area contributed by atoms with Crippen LogP contribution in [-0.2, 0) is 11.3 Å². The lowest BCUT2D eigenvalue weighted by molar-refractivity contribution is 0.102. The van der Waals surface area contributed by atoms with Crippen LogP contribution in [0.1, 0.15) is 15.9 Å². The number of hydrogen-bond acceptors (Lipinski definition) is 4. The van der Waals surface area contributed by atoms with E-state index in [0.29, 0.717) is 23.5 Å². The minimum Gasteiger partial charge on any atom is -0.398 e. The van der Waals surface area contributed by atoms with Gasteiger partial charge in [-0.2, -0.15) is 0 Å². The minimum atomic E-state index is -0.283. The van der Waals surface area contributed by atoms with Crippen molar-refractivity contribution in [2.75, 3.05) is 18.2 Å². The third kappa shape index (κ3) is 3.08. The molecule has 1 aromatic carbocycles. The fraction of sp³-hybridized carbons (Fsp3) is 0.143. The van der Waals surface area contributed by atoms with E-state index in [2.05, 4.69) is 10.3 Å². The number of anilines is 2. The van der Waals surface area contributed by atoms with Crippen molar-refractivity contribution in [3.8, 4) is 0 Å². The lowest BCUT2D eigenvalue weighted by Crippen LogP contribution is -2.15. The summed E-state index contributed by atoms with van der Waals surface area (Å²) in [6, 6.07) is 9.05. The Labute approximate surface area is 111 Å². The number of ether oxygens (including phenoxy) is 1. The van der Waals surface area contributed by atoms with Gasteiger partial charge < -0.3 is 15.8 Å². The van der Waals surface area contributed by atoms with Gasteiger partial charge in [0.1, 0.15) is 0 Å². The Morgan fingerprint density at radius 2 is 2.16 bits per heavy atom. The molecular formula is C14H15N3O2. The molecule has 1 amide bonds. The first kappa shape index (κ1) is 13.0. The molecule has 0 spiro atoms. The molecule has 0 saturated heterocycles. The quantitative estimate of drug-likeness (QED) is 0.879. The largest absolute Gasteiger partial charge is 0.398 e. The fourth-order valence-electron chi connectivity index (χ4n) is 1.71. The van der Waals surface area contributed by atoms with Crippen LogP contribution in [0.5, 0.6) is 0 Å². The summed E-state index contributed by atoms with van der Waals surface area (Å²) in [4.78, 5) is 16.0. The van der Waals surface area contributed by atoms with Crippen LogP contribution in [0, 0.1) is 0 Å². The van der Waals surface area contributed by atoms with Crippen molar-refractivity contribution in [2.45, 2.75) is 6.61 Å². The molecule has 0 fully saturated rings. The molecule has 3 N–H and O–H groups in total. The average Bonchev–Trinajstić information content (AvgIpc) is 2.41. The van der Waals surface area contributed by atoms with Crippen molar-refractivity contribution in [3.05, 3.63) is 53.9 Å². The highest BCUT2D eigenvalue weighted by Gasteiger charge is 2.11. The highest BCUT2D eigenvalue weighted by atomic mass is 16.5. The number of rotatable bonds is 4. The smallest absolute Gasteiger partial charge is 0.259 e. The molecule has 0 aliphatic carbocycles. The van der Waals surface area contributed by atoms with Gasteiger partial charge in [0.25, 0.3) is 5.91 Å². The van der Waals surface area contributed by atoms with E-state index in [4.69, 9.17) is 10.5 Å². The molecule has 2 rings (SSSR count). The van der Waals surface area contributed by atoms with Crippen LogP contribution < -0.4 is 11.1 Å². The van der Waals surface area contributed by atoms with E-state index in [0.717, 1.165) is 5.56 Å². The number of carbonyl (C=O) groups excluding carboxylic acids is 1. The number of benzene rings is 1. The zero-order valence-electron chi connectivity index (χ0n) is 10.6. The topological polar surface area (TPSA) is 77.2 Å². The maximum atomic E-state index is 12.1. The SMILES string of the molecule is COCc1ccccc1NC(=O)c1cnccc1N. The molecule has 0 radical (unpaired) electrons. The number of methoxy groups -OCH3 is 1. The van der Waals surface area contributed by atoms with Crippen LogP contribution in [0.25, 0.3) is 0 Å². The fourth-order valence-corrected chi connectivity index (χ4v) is 1.71. The van der Waals surface area contributed by atoms with Crippen molar-refractivity contribution in [3.63, 3.8) is 0 Å². The van der Waals surface area contributed by atoms with Crippen molar-refractivity contribution in [2.24, 2.45) is 0 Å². The standard InChI is InChI=1S/C14H15N3O2/c1-19-9-10-4-2-3-5-13(10)17-14(18)11-8-16-7-6-12(11)15/h2-8H,9H2,1H3,(H2,15,16)(H,17,18). The summed E-state index contributed by atoms with van der Waals surface area (Å²) in [7, 11) is 1.61. The first-order chi connectivity index (χ1) is 9.22. The van der Waals surface area contributed by atoms with Crippen molar-refractivity contribution < 1.29 is 9.53 Å². The highest BCUT2D eigenvalue weighted by molar-refractivity contribution is 6.07.